The first-order valence-electron chi connectivity index (χ1n) is 11.2. The van der Waals surface area contributed by atoms with E-state index in [1.807, 2.05) is 66.7 Å². The van der Waals surface area contributed by atoms with Gasteiger partial charge in [-0.15, -0.1) is 0 Å². The highest BCUT2D eigenvalue weighted by atomic mass is 16.6. The molecule has 0 fully saturated rings. The molecule has 4 aromatic carbocycles. The highest BCUT2D eigenvalue weighted by Crippen LogP contribution is 2.31. The Bertz CT molecular complexity index is 1680. The fourth-order valence-corrected chi connectivity index (χ4v) is 3.77. The summed E-state index contributed by atoms with van der Waals surface area (Å²) < 4.78 is 15.6. The third kappa shape index (κ3) is 5.28. The molecule has 8 nitrogen and oxygen atoms in total. The Balaban J connectivity index is 0.000000140. The number of fused-ring (bicyclic) bond motifs is 6. The summed E-state index contributed by atoms with van der Waals surface area (Å²) in [5.41, 5.74) is 9.80. The molecular weight excluding hydrogens is 460 g/mol. The average molecular weight is 485 g/mol. The topological polar surface area (TPSA) is 122 Å². The molecule has 6 rings (SSSR count). The minimum absolute atomic E-state index is 0.0825. The molecule has 36 heavy (non-hydrogen) atoms. The molecule has 0 unspecified atom stereocenters. The number of nitro benzene ring substituents is 1. The monoisotopic (exact) mass is 484 g/mol. The molecule has 0 atom stereocenters. The maximum atomic E-state index is 10.7. The molecule has 0 saturated heterocycles. The Morgan fingerprint density at radius 3 is 1.81 bits per heavy atom. The van der Waals surface area contributed by atoms with Gasteiger partial charge in [0, 0.05) is 46.3 Å². The minimum atomic E-state index is -0.402. The molecule has 0 aliphatic rings. The number of furan rings is 2. The fraction of sp³-hybridized carbons (Fsp3) is 0.107. The van der Waals surface area contributed by atoms with Crippen LogP contribution in [0.1, 0.15) is 13.8 Å². The van der Waals surface area contributed by atoms with E-state index in [2.05, 4.69) is 4.74 Å². The number of benzene rings is 4. The second-order valence-electron chi connectivity index (χ2n) is 7.81. The van der Waals surface area contributed by atoms with Gasteiger partial charge in [0.1, 0.15) is 22.3 Å². The lowest BCUT2D eigenvalue weighted by atomic mass is 10.1. The molecule has 8 heteroatoms. The van der Waals surface area contributed by atoms with Crippen molar-refractivity contribution in [1.82, 2.24) is 0 Å². The lowest BCUT2D eigenvalue weighted by Crippen LogP contribution is -1.95. The van der Waals surface area contributed by atoms with Crippen LogP contribution in [0.2, 0.25) is 0 Å². The fourth-order valence-electron chi connectivity index (χ4n) is 3.77. The van der Waals surface area contributed by atoms with Crippen molar-refractivity contribution in [1.29, 1.82) is 0 Å². The number of carbonyl (C=O) groups is 1. The zero-order valence-electron chi connectivity index (χ0n) is 19.8. The number of ether oxygens (including phenoxy) is 1. The van der Waals surface area contributed by atoms with Crippen molar-refractivity contribution in [2.45, 2.75) is 13.8 Å². The first-order valence-corrected chi connectivity index (χ1v) is 11.2. The molecule has 182 valence electrons. The van der Waals surface area contributed by atoms with Gasteiger partial charge in [0.25, 0.3) is 5.69 Å². The van der Waals surface area contributed by atoms with Crippen molar-refractivity contribution >= 4 is 61.2 Å². The highest BCUT2D eigenvalue weighted by molar-refractivity contribution is 6.06. The van der Waals surface area contributed by atoms with Gasteiger partial charge in [0.2, 0.25) is 0 Å². The van der Waals surface area contributed by atoms with Gasteiger partial charge in [-0.1, -0.05) is 36.4 Å². The van der Waals surface area contributed by atoms with Crippen molar-refractivity contribution < 1.29 is 23.3 Å². The summed E-state index contributed by atoms with van der Waals surface area (Å²) >= 11 is 0. The van der Waals surface area contributed by atoms with E-state index in [9.17, 15) is 14.9 Å². The number of nitrogen functional groups attached to an aromatic ring is 1. The van der Waals surface area contributed by atoms with Crippen LogP contribution in [0.3, 0.4) is 0 Å². The van der Waals surface area contributed by atoms with E-state index in [1.54, 1.807) is 19.1 Å². The zero-order valence-corrected chi connectivity index (χ0v) is 19.8. The van der Waals surface area contributed by atoms with E-state index in [1.165, 1.54) is 13.0 Å². The molecular formula is C28H24N2O6. The van der Waals surface area contributed by atoms with Gasteiger partial charge in [-0.05, 0) is 43.3 Å². The van der Waals surface area contributed by atoms with E-state index in [4.69, 9.17) is 14.6 Å². The predicted octanol–water partition coefficient (Wildman–Crippen LogP) is 7.23. The number of non-ortho nitro benzene ring substituents is 1. The number of hydrogen-bond acceptors (Lipinski definition) is 7. The summed E-state index contributed by atoms with van der Waals surface area (Å²) in [5, 5.41) is 14.6. The average Bonchev–Trinajstić information content (AvgIpc) is 3.42. The minimum Gasteiger partial charge on any atom is -0.466 e. The third-order valence-electron chi connectivity index (χ3n) is 5.32. The standard InChI is InChI=1S/C12H7NO3.C12H9NO.C4H8O2/c14-13(15)8-5-6-12-10(7-8)9-3-1-2-4-11(9)16-12;13-8-5-6-12-10(7-8)9-3-1-2-4-11(9)14-12;1-3-6-4(2)5/h1-7H;1-7H,13H2;3H2,1-2H3. The molecule has 0 bridgehead atoms. The molecule has 0 spiro atoms. The molecule has 2 heterocycles. The molecule has 0 radical (unpaired) electrons. The van der Waals surface area contributed by atoms with Crippen LogP contribution in [0.5, 0.6) is 0 Å². The molecule has 0 aliphatic heterocycles. The lowest BCUT2D eigenvalue weighted by molar-refractivity contribution is -0.384. The van der Waals surface area contributed by atoms with Crippen LogP contribution in [-0.4, -0.2) is 17.5 Å². The molecule has 0 amide bonds. The van der Waals surface area contributed by atoms with E-state index in [0.717, 1.165) is 44.0 Å². The van der Waals surface area contributed by atoms with Crippen molar-refractivity contribution in [3.8, 4) is 0 Å². The second-order valence-corrected chi connectivity index (χ2v) is 7.81. The predicted molar refractivity (Wildman–Crippen MR) is 141 cm³/mol. The van der Waals surface area contributed by atoms with E-state index >= 15 is 0 Å². The number of nitrogens with two attached hydrogens (primary N) is 1. The van der Waals surface area contributed by atoms with Crippen LogP contribution >= 0.6 is 0 Å². The number of nitrogens with zero attached hydrogens (tertiary/aromatic N) is 1. The van der Waals surface area contributed by atoms with Crippen LogP contribution < -0.4 is 5.73 Å². The van der Waals surface area contributed by atoms with Gasteiger partial charge in [0.05, 0.1) is 11.5 Å². The zero-order chi connectivity index (χ0) is 25.7. The Morgan fingerprint density at radius 2 is 1.31 bits per heavy atom. The molecule has 6 aromatic rings. The van der Waals surface area contributed by atoms with Crippen molar-refractivity contribution in [2.24, 2.45) is 0 Å². The lowest BCUT2D eigenvalue weighted by Gasteiger charge is -1.91. The van der Waals surface area contributed by atoms with Gasteiger partial charge < -0.3 is 19.3 Å². The SMILES string of the molecule is CCOC(C)=O.Nc1ccc2oc3ccccc3c2c1.O=[N+]([O-])c1ccc2oc3ccccc3c2c1. The summed E-state index contributed by atoms with van der Waals surface area (Å²) in [7, 11) is 0. The Morgan fingerprint density at radius 1 is 0.806 bits per heavy atom. The molecule has 2 N–H and O–H groups in total. The Kier molecular flexibility index (Phi) is 7.15. The first-order chi connectivity index (χ1) is 17.4. The summed E-state index contributed by atoms with van der Waals surface area (Å²) in [6.07, 6.45) is 0. The maximum absolute atomic E-state index is 10.7. The van der Waals surface area contributed by atoms with Crippen molar-refractivity contribution in [3.63, 3.8) is 0 Å². The van der Waals surface area contributed by atoms with Gasteiger partial charge in [0.15, 0.2) is 0 Å². The first kappa shape index (κ1) is 24.3. The van der Waals surface area contributed by atoms with Crippen LogP contribution in [0.15, 0.2) is 93.8 Å². The van der Waals surface area contributed by atoms with Crippen LogP contribution in [0, 0.1) is 10.1 Å². The third-order valence-corrected chi connectivity index (χ3v) is 5.32. The quantitative estimate of drug-likeness (QED) is 0.119. The van der Waals surface area contributed by atoms with Crippen molar-refractivity contribution in [2.75, 3.05) is 12.3 Å². The van der Waals surface area contributed by atoms with Crippen LogP contribution in [0.25, 0.3) is 43.9 Å². The Hall–Kier alpha value is -4.85. The number of nitro groups is 1. The number of rotatable bonds is 2. The van der Waals surface area contributed by atoms with Crippen molar-refractivity contribution in [3.05, 3.63) is 95.0 Å². The maximum Gasteiger partial charge on any atom is 0.302 e. The Labute approximate surface area is 206 Å². The van der Waals surface area contributed by atoms with Crippen LogP contribution in [-0.2, 0) is 9.53 Å². The summed E-state index contributed by atoms with van der Waals surface area (Å²) in [4.78, 5) is 20.1. The smallest absolute Gasteiger partial charge is 0.302 e. The number of carbonyl (C=O) groups excluding carboxylic acids is 1. The highest BCUT2D eigenvalue weighted by Gasteiger charge is 2.11. The van der Waals surface area contributed by atoms with E-state index in [-0.39, 0.29) is 11.7 Å². The van der Waals surface area contributed by atoms with E-state index in [0.29, 0.717) is 12.2 Å². The number of esters is 1. The second kappa shape index (κ2) is 10.6. The molecule has 2 aromatic heterocycles. The van der Waals surface area contributed by atoms with E-state index < -0.39 is 4.92 Å². The summed E-state index contributed by atoms with van der Waals surface area (Å²) in [6, 6.07) is 25.8. The largest absolute Gasteiger partial charge is 0.466 e. The summed E-state index contributed by atoms with van der Waals surface area (Å²) in [6.45, 7) is 3.65. The number of anilines is 1. The molecule has 0 saturated carbocycles. The van der Waals surface area contributed by atoms with Gasteiger partial charge >= 0.3 is 5.97 Å². The van der Waals surface area contributed by atoms with Gasteiger partial charge in [-0.2, -0.15) is 0 Å². The van der Waals surface area contributed by atoms with Crippen LogP contribution in [0.4, 0.5) is 11.4 Å². The van der Waals surface area contributed by atoms with Gasteiger partial charge in [-0.3, -0.25) is 14.9 Å². The number of para-hydroxylation sites is 2. The summed E-state index contributed by atoms with van der Waals surface area (Å²) in [5.74, 6) is -0.211. The molecule has 0 aliphatic carbocycles. The van der Waals surface area contributed by atoms with Gasteiger partial charge in [-0.25, -0.2) is 0 Å². The normalized spacial score (nSPS) is 10.5. The number of hydrogen-bond donors (Lipinski definition) is 1.